The summed E-state index contributed by atoms with van der Waals surface area (Å²) in [5.74, 6) is -0.417. The first-order valence-electron chi connectivity index (χ1n) is 7.03. The predicted molar refractivity (Wildman–Crippen MR) is 84.0 cm³/mol. The Morgan fingerprint density at radius 1 is 1.29 bits per heavy atom. The zero-order chi connectivity index (χ0) is 14.8. The zero-order valence-electron chi connectivity index (χ0n) is 11.6. The number of rotatable bonds is 4. The van der Waals surface area contributed by atoms with E-state index in [1.54, 1.807) is 6.07 Å². The van der Waals surface area contributed by atoms with Gasteiger partial charge >= 0.3 is 0 Å². The molecule has 7 heteroatoms. The average molecular weight is 330 g/mol. The standard InChI is InChI=1S/C14H17ClFN3OS/c15-10-8-12-13(9-11(10)16)19(14(21)17-12)3-1-2-18-4-6-20-7-5-18/h8-9H,1-7H2,(H,17,21). The number of aryl methyl sites for hydroxylation is 1. The molecule has 0 saturated carbocycles. The number of benzene rings is 1. The maximum atomic E-state index is 13.6. The van der Waals surface area contributed by atoms with Gasteiger partial charge in [-0.1, -0.05) is 11.6 Å². The Bertz CT molecular complexity index is 693. The molecule has 2 heterocycles. The van der Waals surface area contributed by atoms with Crippen LogP contribution in [0.2, 0.25) is 5.02 Å². The Labute approximate surface area is 132 Å². The molecule has 1 saturated heterocycles. The summed E-state index contributed by atoms with van der Waals surface area (Å²) in [6.45, 7) is 5.31. The molecular weight excluding hydrogens is 313 g/mol. The van der Waals surface area contributed by atoms with E-state index in [1.165, 1.54) is 6.07 Å². The van der Waals surface area contributed by atoms with Crippen LogP contribution in [0.15, 0.2) is 12.1 Å². The molecule has 0 atom stereocenters. The first-order valence-corrected chi connectivity index (χ1v) is 7.81. The molecule has 0 unspecified atom stereocenters. The van der Waals surface area contributed by atoms with Crippen molar-refractivity contribution in [2.45, 2.75) is 13.0 Å². The number of morpholine rings is 1. The summed E-state index contributed by atoms with van der Waals surface area (Å²) >= 11 is 11.1. The number of fused-ring (bicyclic) bond motifs is 1. The third kappa shape index (κ3) is 3.29. The van der Waals surface area contributed by atoms with Gasteiger partial charge in [0.15, 0.2) is 4.77 Å². The highest BCUT2D eigenvalue weighted by molar-refractivity contribution is 7.71. The van der Waals surface area contributed by atoms with Gasteiger partial charge in [-0.3, -0.25) is 4.90 Å². The lowest BCUT2D eigenvalue weighted by atomic mass is 10.3. The highest BCUT2D eigenvalue weighted by Crippen LogP contribution is 2.23. The number of imidazole rings is 1. The van der Waals surface area contributed by atoms with E-state index in [-0.39, 0.29) is 5.02 Å². The number of nitrogens with one attached hydrogen (secondary N) is 1. The molecule has 0 spiro atoms. The lowest BCUT2D eigenvalue weighted by Gasteiger charge is -2.26. The molecule has 1 N–H and O–H groups in total. The van der Waals surface area contributed by atoms with Crippen molar-refractivity contribution in [1.82, 2.24) is 14.5 Å². The Balaban J connectivity index is 1.72. The number of aromatic amines is 1. The number of ether oxygens (including phenoxy) is 1. The molecule has 1 fully saturated rings. The Hall–Kier alpha value is -0.950. The fraction of sp³-hybridized carbons (Fsp3) is 0.500. The van der Waals surface area contributed by atoms with Crippen molar-refractivity contribution in [3.05, 3.63) is 27.7 Å². The summed E-state index contributed by atoms with van der Waals surface area (Å²) in [7, 11) is 0. The summed E-state index contributed by atoms with van der Waals surface area (Å²) in [5, 5.41) is 0.110. The van der Waals surface area contributed by atoms with Crippen molar-refractivity contribution in [2.24, 2.45) is 0 Å². The molecule has 0 aliphatic carbocycles. The van der Waals surface area contributed by atoms with Crippen molar-refractivity contribution in [2.75, 3.05) is 32.8 Å². The molecule has 21 heavy (non-hydrogen) atoms. The largest absolute Gasteiger partial charge is 0.379 e. The molecule has 0 bridgehead atoms. The number of hydrogen-bond acceptors (Lipinski definition) is 3. The molecule has 4 nitrogen and oxygen atoms in total. The van der Waals surface area contributed by atoms with Gasteiger partial charge in [0.1, 0.15) is 5.82 Å². The van der Waals surface area contributed by atoms with E-state index in [1.807, 2.05) is 4.57 Å². The average Bonchev–Trinajstić information content (AvgIpc) is 2.76. The normalized spacial score (nSPS) is 16.7. The maximum Gasteiger partial charge on any atom is 0.178 e. The minimum absolute atomic E-state index is 0.110. The fourth-order valence-electron chi connectivity index (χ4n) is 2.65. The Morgan fingerprint density at radius 2 is 2.05 bits per heavy atom. The van der Waals surface area contributed by atoms with Gasteiger partial charge in [0.25, 0.3) is 0 Å². The molecule has 1 aliphatic rings. The van der Waals surface area contributed by atoms with Crippen LogP contribution >= 0.6 is 23.8 Å². The van der Waals surface area contributed by atoms with Gasteiger partial charge in [0, 0.05) is 32.2 Å². The van der Waals surface area contributed by atoms with Gasteiger partial charge in [-0.25, -0.2) is 4.39 Å². The Kier molecular flexibility index (Phi) is 4.59. The maximum absolute atomic E-state index is 13.6. The van der Waals surface area contributed by atoms with E-state index in [2.05, 4.69) is 9.88 Å². The van der Waals surface area contributed by atoms with Gasteiger partial charge < -0.3 is 14.3 Å². The highest BCUT2D eigenvalue weighted by atomic mass is 35.5. The van der Waals surface area contributed by atoms with Crippen molar-refractivity contribution < 1.29 is 9.13 Å². The smallest absolute Gasteiger partial charge is 0.178 e. The van der Waals surface area contributed by atoms with Crippen LogP contribution in [0.1, 0.15) is 6.42 Å². The van der Waals surface area contributed by atoms with Crippen molar-refractivity contribution in [3.63, 3.8) is 0 Å². The minimum Gasteiger partial charge on any atom is -0.379 e. The molecule has 1 aromatic heterocycles. The third-order valence-electron chi connectivity index (χ3n) is 3.78. The molecule has 0 amide bonds. The van der Waals surface area contributed by atoms with Crippen molar-refractivity contribution in [1.29, 1.82) is 0 Å². The van der Waals surface area contributed by atoms with Crippen LogP contribution in [0.25, 0.3) is 11.0 Å². The van der Waals surface area contributed by atoms with Crippen LogP contribution in [0.4, 0.5) is 4.39 Å². The lowest BCUT2D eigenvalue weighted by molar-refractivity contribution is 0.0369. The molecular formula is C14H17ClFN3OS. The first kappa shape index (κ1) is 15.0. The molecule has 114 valence electrons. The first-order chi connectivity index (χ1) is 10.1. The van der Waals surface area contributed by atoms with E-state index in [0.717, 1.165) is 56.8 Å². The SMILES string of the molecule is Fc1cc2c(cc1Cl)[nH]c(=S)n2CCCN1CCOCC1. The van der Waals surface area contributed by atoms with E-state index >= 15 is 0 Å². The van der Waals surface area contributed by atoms with Crippen LogP contribution < -0.4 is 0 Å². The molecule has 2 aromatic rings. The van der Waals surface area contributed by atoms with Gasteiger partial charge in [0.05, 0.1) is 29.3 Å². The highest BCUT2D eigenvalue weighted by Gasteiger charge is 2.12. The topological polar surface area (TPSA) is 33.2 Å². The molecule has 0 radical (unpaired) electrons. The van der Waals surface area contributed by atoms with E-state index in [9.17, 15) is 4.39 Å². The number of aromatic nitrogens is 2. The second-order valence-corrected chi connectivity index (χ2v) is 5.97. The predicted octanol–water partition coefficient (Wildman–Crippen LogP) is 3.21. The summed E-state index contributed by atoms with van der Waals surface area (Å²) in [4.78, 5) is 5.45. The third-order valence-corrected chi connectivity index (χ3v) is 4.39. The zero-order valence-corrected chi connectivity index (χ0v) is 13.1. The van der Waals surface area contributed by atoms with Gasteiger partial charge in [-0.2, -0.15) is 0 Å². The van der Waals surface area contributed by atoms with Gasteiger partial charge in [0.2, 0.25) is 0 Å². The number of H-pyrrole nitrogens is 1. The Morgan fingerprint density at radius 3 is 2.81 bits per heavy atom. The second-order valence-electron chi connectivity index (χ2n) is 5.17. The second kappa shape index (κ2) is 6.44. The van der Waals surface area contributed by atoms with E-state index < -0.39 is 5.82 Å². The number of halogens is 2. The van der Waals surface area contributed by atoms with Crippen molar-refractivity contribution in [3.8, 4) is 0 Å². The fourth-order valence-corrected chi connectivity index (χ4v) is 3.11. The minimum atomic E-state index is -0.417. The quantitative estimate of drug-likeness (QED) is 0.874. The van der Waals surface area contributed by atoms with E-state index in [0.29, 0.717) is 4.77 Å². The van der Waals surface area contributed by atoms with Crippen LogP contribution in [0, 0.1) is 10.6 Å². The van der Waals surface area contributed by atoms with Gasteiger partial charge in [-0.15, -0.1) is 0 Å². The number of hydrogen-bond donors (Lipinski definition) is 1. The monoisotopic (exact) mass is 329 g/mol. The van der Waals surface area contributed by atoms with Crippen LogP contribution in [-0.2, 0) is 11.3 Å². The lowest BCUT2D eigenvalue weighted by Crippen LogP contribution is -2.37. The molecule has 1 aliphatic heterocycles. The molecule has 1 aromatic carbocycles. The summed E-state index contributed by atoms with van der Waals surface area (Å²) in [6.07, 6.45) is 0.964. The summed E-state index contributed by atoms with van der Waals surface area (Å²) in [5.41, 5.74) is 1.54. The van der Waals surface area contributed by atoms with Gasteiger partial charge in [-0.05, 0) is 24.7 Å². The molecule has 3 rings (SSSR count). The summed E-state index contributed by atoms with van der Waals surface area (Å²) < 4.78 is 21.5. The van der Waals surface area contributed by atoms with Crippen LogP contribution in [0.5, 0.6) is 0 Å². The van der Waals surface area contributed by atoms with Crippen LogP contribution in [0.3, 0.4) is 0 Å². The summed E-state index contributed by atoms with van der Waals surface area (Å²) in [6, 6.07) is 3.03. The van der Waals surface area contributed by atoms with Crippen LogP contribution in [-0.4, -0.2) is 47.3 Å². The number of nitrogens with zero attached hydrogens (tertiary/aromatic N) is 2. The van der Waals surface area contributed by atoms with E-state index in [4.69, 9.17) is 28.6 Å². The van der Waals surface area contributed by atoms with Crippen molar-refractivity contribution >= 4 is 34.9 Å².